The molecule has 0 saturated carbocycles. The third-order valence-corrected chi connectivity index (χ3v) is 5.24. The average Bonchev–Trinajstić information content (AvgIpc) is 3.27. The van der Waals surface area contributed by atoms with Crippen LogP contribution in [-0.4, -0.2) is 29.1 Å². The van der Waals surface area contributed by atoms with E-state index in [2.05, 4.69) is 16.1 Å². The molecule has 1 aromatic carbocycles. The Kier molecular flexibility index (Phi) is 4.85. The molecular weight excluding hydrogens is 324 g/mol. The molecule has 25 heavy (non-hydrogen) atoms. The number of hydrogen-bond donors (Lipinski definition) is 0. The first kappa shape index (κ1) is 17.5. The predicted octanol–water partition coefficient (Wildman–Crippen LogP) is 4.02. The lowest BCUT2D eigenvalue weighted by molar-refractivity contribution is -0.132. The van der Waals surface area contributed by atoms with Crippen molar-refractivity contribution >= 4 is 5.91 Å². The summed E-state index contributed by atoms with van der Waals surface area (Å²) in [5.74, 6) is 0.947. The van der Waals surface area contributed by atoms with Crippen molar-refractivity contribution in [1.29, 1.82) is 0 Å². The van der Waals surface area contributed by atoms with Crippen LogP contribution in [0.4, 0.5) is 8.78 Å². The smallest absolute Gasteiger partial charge is 0.222 e. The Hall–Kier alpha value is -2.29. The topological polar surface area (TPSA) is 45.0 Å². The van der Waals surface area contributed by atoms with Crippen molar-refractivity contribution in [1.82, 2.24) is 4.90 Å². The number of benzene rings is 1. The van der Waals surface area contributed by atoms with Crippen LogP contribution in [0.2, 0.25) is 0 Å². The lowest BCUT2D eigenvalue weighted by Gasteiger charge is -2.25. The van der Waals surface area contributed by atoms with Crippen LogP contribution >= 0.6 is 0 Å². The van der Waals surface area contributed by atoms with Crippen LogP contribution in [0.25, 0.3) is 0 Å². The third kappa shape index (κ3) is 3.71. The minimum absolute atomic E-state index is 0.0183. The molecule has 132 valence electrons. The van der Waals surface area contributed by atoms with Crippen LogP contribution in [0.15, 0.2) is 28.4 Å². The number of rotatable bonds is 6. The van der Waals surface area contributed by atoms with Crippen molar-refractivity contribution in [3.05, 3.63) is 35.4 Å². The number of carbonyl (C=O) groups excluding carboxylic acids is 1. The fraction of sp³-hybridized carbons (Fsp3) is 0.526. The van der Waals surface area contributed by atoms with E-state index < -0.39 is 17.3 Å². The normalized spacial score (nSPS) is 23.5. The molecule has 6 heteroatoms. The zero-order valence-corrected chi connectivity index (χ0v) is 14.2. The fourth-order valence-electron chi connectivity index (χ4n) is 3.60. The van der Waals surface area contributed by atoms with Crippen molar-refractivity contribution in [2.45, 2.75) is 56.7 Å². The Morgan fingerprint density at radius 3 is 2.76 bits per heavy atom. The van der Waals surface area contributed by atoms with E-state index >= 15 is 0 Å². The van der Waals surface area contributed by atoms with Crippen molar-refractivity contribution in [2.75, 3.05) is 6.54 Å². The Bertz CT molecular complexity index is 735. The van der Waals surface area contributed by atoms with Crippen LogP contribution in [-0.2, 0) is 4.79 Å². The van der Waals surface area contributed by atoms with E-state index in [0.717, 1.165) is 18.1 Å². The average molecular weight is 345 g/mol. The molecule has 2 atom stereocenters. The maximum Gasteiger partial charge on any atom is 0.222 e. The Morgan fingerprint density at radius 2 is 2.12 bits per heavy atom. The molecule has 1 saturated heterocycles. The monoisotopic (exact) mass is 345 g/mol. The van der Waals surface area contributed by atoms with Crippen molar-refractivity contribution in [3.8, 4) is 12.3 Å². The van der Waals surface area contributed by atoms with Gasteiger partial charge in [-0.25, -0.2) is 8.78 Å². The molecule has 0 aromatic heterocycles. The lowest BCUT2D eigenvalue weighted by Crippen LogP contribution is -2.36. The molecule has 0 bridgehead atoms. The summed E-state index contributed by atoms with van der Waals surface area (Å²) < 4.78 is 26.6. The number of halogens is 2. The van der Waals surface area contributed by atoms with E-state index in [1.807, 2.05) is 11.8 Å². The molecule has 1 amide bonds. The second-order valence-electron chi connectivity index (χ2n) is 6.78. The highest BCUT2D eigenvalue weighted by Gasteiger charge is 2.41. The van der Waals surface area contributed by atoms with Gasteiger partial charge in [0.2, 0.25) is 5.91 Å². The van der Waals surface area contributed by atoms with Gasteiger partial charge in [-0.15, -0.1) is 12.3 Å². The molecule has 2 unspecified atom stereocenters. The van der Waals surface area contributed by atoms with Gasteiger partial charge in [-0.05, 0) is 31.0 Å². The standard InChI is InChI=1S/C19H21F2N3O/c1-3-4-9-19(22-23-19)10-7-18(25)24-11-8-15(13(24)2)14-5-6-16(20)17(21)12-14/h1,5-6,12-13,15H,4,7-11H2,2H3. The van der Waals surface area contributed by atoms with Gasteiger partial charge in [0.05, 0.1) is 0 Å². The zero-order valence-electron chi connectivity index (χ0n) is 14.2. The quantitative estimate of drug-likeness (QED) is 0.718. The van der Waals surface area contributed by atoms with Crippen LogP contribution < -0.4 is 0 Å². The molecule has 1 aromatic rings. The number of amides is 1. The summed E-state index contributed by atoms with van der Waals surface area (Å²) in [4.78, 5) is 14.4. The first-order chi connectivity index (χ1) is 12.0. The molecule has 1 fully saturated rings. The Balaban J connectivity index is 1.58. The van der Waals surface area contributed by atoms with E-state index in [1.165, 1.54) is 6.07 Å². The second kappa shape index (κ2) is 6.91. The molecule has 2 aliphatic rings. The van der Waals surface area contributed by atoms with E-state index in [1.54, 1.807) is 6.07 Å². The molecule has 0 aliphatic carbocycles. The number of terminal acetylenes is 1. The molecule has 0 spiro atoms. The van der Waals surface area contributed by atoms with Gasteiger partial charge in [0.1, 0.15) is 0 Å². The SMILES string of the molecule is C#CCCC1(CCC(=O)N2CCC(c3ccc(F)c(F)c3)C2C)N=N1. The zero-order chi connectivity index (χ0) is 18.0. The van der Waals surface area contributed by atoms with Gasteiger partial charge in [0.25, 0.3) is 0 Å². The molecule has 4 nitrogen and oxygen atoms in total. The highest BCUT2D eigenvalue weighted by Crippen LogP contribution is 2.39. The van der Waals surface area contributed by atoms with Gasteiger partial charge in [-0.2, -0.15) is 10.2 Å². The van der Waals surface area contributed by atoms with Gasteiger partial charge >= 0.3 is 0 Å². The fourth-order valence-corrected chi connectivity index (χ4v) is 3.60. The summed E-state index contributed by atoms with van der Waals surface area (Å²) in [5, 5.41) is 8.10. The van der Waals surface area contributed by atoms with E-state index in [-0.39, 0.29) is 17.9 Å². The minimum atomic E-state index is -0.850. The summed E-state index contributed by atoms with van der Waals surface area (Å²) >= 11 is 0. The predicted molar refractivity (Wildman–Crippen MR) is 89.8 cm³/mol. The molecule has 3 rings (SSSR count). The molecular formula is C19H21F2N3O. The third-order valence-electron chi connectivity index (χ3n) is 5.24. The maximum absolute atomic E-state index is 13.5. The van der Waals surface area contributed by atoms with E-state index in [9.17, 15) is 13.6 Å². The second-order valence-corrected chi connectivity index (χ2v) is 6.78. The highest BCUT2D eigenvalue weighted by molar-refractivity contribution is 5.77. The van der Waals surface area contributed by atoms with Gasteiger partial charge in [0, 0.05) is 44.2 Å². The van der Waals surface area contributed by atoms with Crippen molar-refractivity contribution < 1.29 is 13.6 Å². The maximum atomic E-state index is 13.5. The van der Waals surface area contributed by atoms with E-state index in [0.29, 0.717) is 32.2 Å². The van der Waals surface area contributed by atoms with Crippen LogP contribution in [0.1, 0.15) is 50.5 Å². The summed E-state index contributed by atoms with van der Waals surface area (Å²) in [5.41, 5.74) is 0.282. The summed E-state index contributed by atoms with van der Waals surface area (Å²) in [6.45, 7) is 2.58. The van der Waals surface area contributed by atoms with Gasteiger partial charge < -0.3 is 4.90 Å². The van der Waals surface area contributed by atoms with E-state index in [4.69, 9.17) is 6.42 Å². The number of nitrogens with zero attached hydrogens (tertiary/aromatic N) is 3. The first-order valence-corrected chi connectivity index (χ1v) is 8.58. The number of carbonyl (C=O) groups is 1. The number of hydrogen-bond acceptors (Lipinski definition) is 3. The highest BCUT2D eigenvalue weighted by atomic mass is 19.2. The molecule has 2 heterocycles. The van der Waals surface area contributed by atoms with Crippen molar-refractivity contribution in [2.24, 2.45) is 10.2 Å². The Morgan fingerprint density at radius 1 is 1.36 bits per heavy atom. The first-order valence-electron chi connectivity index (χ1n) is 8.58. The van der Waals surface area contributed by atoms with Crippen LogP contribution in [0, 0.1) is 24.0 Å². The van der Waals surface area contributed by atoms with Gasteiger partial charge in [0.15, 0.2) is 17.3 Å². The van der Waals surface area contributed by atoms with Crippen LogP contribution in [0.3, 0.4) is 0 Å². The summed E-state index contributed by atoms with van der Waals surface area (Å²) in [7, 11) is 0. The number of likely N-dealkylation sites (tertiary alicyclic amines) is 1. The summed E-state index contributed by atoms with van der Waals surface area (Å²) in [6.07, 6.45) is 8.24. The largest absolute Gasteiger partial charge is 0.339 e. The van der Waals surface area contributed by atoms with Crippen LogP contribution in [0.5, 0.6) is 0 Å². The molecule has 0 radical (unpaired) electrons. The van der Waals surface area contributed by atoms with Gasteiger partial charge in [-0.1, -0.05) is 6.07 Å². The van der Waals surface area contributed by atoms with Crippen molar-refractivity contribution in [3.63, 3.8) is 0 Å². The Labute approximate surface area is 146 Å². The van der Waals surface area contributed by atoms with Gasteiger partial charge in [-0.3, -0.25) is 4.79 Å². The molecule has 2 aliphatic heterocycles. The molecule has 0 N–H and O–H groups in total. The minimum Gasteiger partial charge on any atom is -0.339 e. The summed E-state index contributed by atoms with van der Waals surface area (Å²) in [6, 6.07) is 3.94. The lowest BCUT2D eigenvalue weighted by atomic mass is 9.92.